The number of halogens is 1. The summed E-state index contributed by atoms with van der Waals surface area (Å²) < 4.78 is 0. The molecule has 1 aromatic rings. The molecule has 3 heteroatoms. The number of carbonyl (C=O) groups is 1. The second-order valence-electron chi connectivity index (χ2n) is 6.51. The summed E-state index contributed by atoms with van der Waals surface area (Å²) in [6.45, 7) is 2.23. The van der Waals surface area contributed by atoms with Crippen molar-refractivity contribution in [3.05, 3.63) is 35.9 Å². The number of benzene rings is 1. The van der Waals surface area contributed by atoms with Crippen LogP contribution in [-0.4, -0.2) is 16.0 Å². The number of hydrogen-bond acceptors (Lipinski definition) is 1. The maximum absolute atomic E-state index is 11.6. The first-order valence-electron chi connectivity index (χ1n) is 9.05. The predicted octanol–water partition coefficient (Wildman–Crippen LogP) is 6.21. The van der Waals surface area contributed by atoms with E-state index in [9.17, 15) is 9.90 Å². The molecule has 0 heterocycles. The molecule has 0 amide bonds. The molecule has 0 spiro atoms. The van der Waals surface area contributed by atoms with Gasteiger partial charge in [-0.3, -0.25) is 4.79 Å². The van der Waals surface area contributed by atoms with Crippen molar-refractivity contribution < 1.29 is 9.90 Å². The van der Waals surface area contributed by atoms with E-state index in [1.807, 2.05) is 30.3 Å². The van der Waals surface area contributed by atoms with Crippen LogP contribution in [0.1, 0.15) is 76.7 Å². The third kappa shape index (κ3) is 8.41. The molecule has 0 aliphatic heterocycles. The van der Waals surface area contributed by atoms with Crippen molar-refractivity contribution in [2.75, 3.05) is 0 Å². The molecule has 0 aromatic heterocycles. The third-order valence-corrected chi connectivity index (χ3v) is 4.87. The van der Waals surface area contributed by atoms with E-state index in [0.717, 1.165) is 18.4 Å². The van der Waals surface area contributed by atoms with E-state index >= 15 is 0 Å². The Morgan fingerprint density at radius 2 is 1.48 bits per heavy atom. The molecule has 0 fully saturated rings. The zero-order valence-corrected chi connectivity index (χ0v) is 15.2. The van der Waals surface area contributed by atoms with E-state index in [1.54, 1.807) is 0 Å². The van der Waals surface area contributed by atoms with Gasteiger partial charge in [-0.25, -0.2) is 0 Å². The highest BCUT2D eigenvalue weighted by Crippen LogP contribution is 2.28. The van der Waals surface area contributed by atoms with Crippen LogP contribution in [0.3, 0.4) is 0 Å². The molecular weight excluding hydrogens is 308 g/mol. The second kappa shape index (κ2) is 11.5. The van der Waals surface area contributed by atoms with E-state index in [0.29, 0.717) is 12.8 Å². The number of hydrogen-bond donors (Lipinski definition) is 1. The van der Waals surface area contributed by atoms with Crippen LogP contribution >= 0.6 is 11.6 Å². The normalized spacial score (nSPS) is 13.7. The molecule has 1 unspecified atom stereocenters. The first kappa shape index (κ1) is 20.0. The lowest BCUT2D eigenvalue weighted by atomic mass is 9.92. The number of aliphatic carboxylic acids is 1. The van der Waals surface area contributed by atoms with Gasteiger partial charge in [0, 0.05) is 6.42 Å². The summed E-state index contributed by atoms with van der Waals surface area (Å²) in [5, 5.41) is 9.49. The summed E-state index contributed by atoms with van der Waals surface area (Å²) in [5.74, 6) is -0.900. The summed E-state index contributed by atoms with van der Waals surface area (Å²) in [6, 6.07) is 9.66. The molecule has 1 atom stereocenters. The van der Waals surface area contributed by atoms with Crippen molar-refractivity contribution in [3.63, 3.8) is 0 Å². The Balaban J connectivity index is 2.24. The zero-order chi connectivity index (χ0) is 17.0. The topological polar surface area (TPSA) is 37.3 Å². The van der Waals surface area contributed by atoms with Gasteiger partial charge in [0.15, 0.2) is 0 Å². The Hall–Kier alpha value is -1.02. The molecule has 130 valence electrons. The van der Waals surface area contributed by atoms with E-state index < -0.39 is 10.8 Å². The fourth-order valence-corrected chi connectivity index (χ4v) is 3.19. The lowest BCUT2D eigenvalue weighted by Crippen LogP contribution is -2.34. The molecule has 0 radical (unpaired) electrons. The summed E-state index contributed by atoms with van der Waals surface area (Å²) in [4.78, 5) is 10.4. The molecule has 1 aromatic carbocycles. The summed E-state index contributed by atoms with van der Waals surface area (Å²) in [7, 11) is 0. The number of unbranched alkanes of at least 4 members (excludes halogenated alkanes) is 8. The quantitative estimate of drug-likeness (QED) is 0.343. The molecule has 23 heavy (non-hydrogen) atoms. The van der Waals surface area contributed by atoms with Gasteiger partial charge in [0.1, 0.15) is 4.87 Å². The van der Waals surface area contributed by atoms with E-state index in [1.165, 1.54) is 44.9 Å². The van der Waals surface area contributed by atoms with Crippen LogP contribution in [0.4, 0.5) is 0 Å². The van der Waals surface area contributed by atoms with Crippen LogP contribution in [-0.2, 0) is 11.2 Å². The van der Waals surface area contributed by atoms with Gasteiger partial charge in [0.05, 0.1) is 0 Å². The van der Waals surface area contributed by atoms with E-state index in [2.05, 4.69) is 6.92 Å². The predicted molar refractivity (Wildman–Crippen MR) is 98.2 cm³/mol. The molecule has 0 aliphatic carbocycles. The minimum Gasteiger partial charge on any atom is -0.480 e. The first-order chi connectivity index (χ1) is 11.1. The van der Waals surface area contributed by atoms with Gasteiger partial charge in [0.25, 0.3) is 0 Å². The Labute approximate surface area is 146 Å². The molecule has 0 saturated carbocycles. The van der Waals surface area contributed by atoms with E-state index in [4.69, 9.17) is 11.6 Å². The maximum Gasteiger partial charge on any atom is 0.325 e. The minimum absolute atomic E-state index is 0.391. The number of carboxylic acid groups (broad SMARTS) is 1. The Morgan fingerprint density at radius 1 is 0.957 bits per heavy atom. The average molecular weight is 339 g/mol. The SMILES string of the molecule is CCCCCCCCCCCC(Cl)(Cc1ccccc1)C(=O)O. The monoisotopic (exact) mass is 338 g/mol. The fourth-order valence-electron chi connectivity index (χ4n) is 2.91. The standard InChI is InChI=1S/C20H31ClO2/c1-2-3-4-5-6-7-8-9-13-16-20(21,19(22)23)17-18-14-11-10-12-15-18/h10-12,14-15H,2-9,13,16-17H2,1H3,(H,22,23). The van der Waals surface area contributed by atoms with Crippen LogP contribution in [0.25, 0.3) is 0 Å². The van der Waals surface area contributed by atoms with Gasteiger partial charge < -0.3 is 5.11 Å². The van der Waals surface area contributed by atoms with Crippen LogP contribution in [0, 0.1) is 0 Å². The Kier molecular flexibility index (Phi) is 10.0. The third-order valence-electron chi connectivity index (χ3n) is 4.39. The van der Waals surface area contributed by atoms with Gasteiger partial charge in [0.2, 0.25) is 0 Å². The minimum atomic E-state index is -1.16. The highest BCUT2D eigenvalue weighted by atomic mass is 35.5. The molecule has 0 bridgehead atoms. The average Bonchev–Trinajstić information content (AvgIpc) is 2.54. The van der Waals surface area contributed by atoms with Crippen molar-refractivity contribution >= 4 is 17.6 Å². The Morgan fingerprint density at radius 3 is 2.00 bits per heavy atom. The first-order valence-corrected chi connectivity index (χ1v) is 9.42. The summed E-state index contributed by atoms with van der Waals surface area (Å²) in [6.07, 6.45) is 11.9. The van der Waals surface area contributed by atoms with Crippen molar-refractivity contribution in [2.24, 2.45) is 0 Å². The van der Waals surface area contributed by atoms with Crippen LogP contribution in [0.2, 0.25) is 0 Å². The largest absolute Gasteiger partial charge is 0.480 e. The van der Waals surface area contributed by atoms with Crippen molar-refractivity contribution in [3.8, 4) is 0 Å². The van der Waals surface area contributed by atoms with Crippen molar-refractivity contribution in [2.45, 2.75) is 82.4 Å². The highest BCUT2D eigenvalue weighted by molar-refractivity contribution is 6.33. The number of alkyl halides is 1. The lowest BCUT2D eigenvalue weighted by molar-refractivity contribution is -0.140. The number of rotatable bonds is 13. The molecule has 0 saturated heterocycles. The van der Waals surface area contributed by atoms with Gasteiger partial charge in [-0.1, -0.05) is 95.0 Å². The molecule has 1 rings (SSSR count). The number of carboxylic acids is 1. The second-order valence-corrected chi connectivity index (χ2v) is 7.23. The van der Waals surface area contributed by atoms with Gasteiger partial charge in [-0.05, 0) is 12.0 Å². The molecule has 2 nitrogen and oxygen atoms in total. The molecule has 0 aliphatic rings. The molecular formula is C20H31ClO2. The van der Waals surface area contributed by atoms with Crippen molar-refractivity contribution in [1.29, 1.82) is 0 Å². The van der Waals surface area contributed by atoms with Gasteiger partial charge in [-0.15, -0.1) is 11.6 Å². The van der Waals surface area contributed by atoms with Crippen LogP contribution < -0.4 is 0 Å². The summed E-state index contributed by atoms with van der Waals surface area (Å²) in [5.41, 5.74) is 0.987. The zero-order valence-electron chi connectivity index (χ0n) is 14.4. The van der Waals surface area contributed by atoms with Crippen molar-refractivity contribution in [1.82, 2.24) is 0 Å². The summed E-state index contributed by atoms with van der Waals surface area (Å²) >= 11 is 6.41. The van der Waals surface area contributed by atoms with Gasteiger partial charge in [-0.2, -0.15) is 0 Å². The smallest absolute Gasteiger partial charge is 0.325 e. The molecule has 1 N–H and O–H groups in total. The van der Waals surface area contributed by atoms with E-state index in [-0.39, 0.29) is 0 Å². The maximum atomic E-state index is 11.6. The van der Waals surface area contributed by atoms with Crippen LogP contribution in [0.15, 0.2) is 30.3 Å². The lowest BCUT2D eigenvalue weighted by Gasteiger charge is -2.22. The van der Waals surface area contributed by atoms with Gasteiger partial charge >= 0.3 is 5.97 Å². The van der Waals surface area contributed by atoms with Crippen LogP contribution in [0.5, 0.6) is 0 Å². The highest BCUT2D eigenvalue weighted by Gasteiger charge is 2.35. The Bertz CT molecular complexity index is 433. The fraction of sp³-hybridized carbons (Fsp3) is 0.650.